The Morgan fingerprint density at radius 1 is 1.12 bits per heavy atom. The molecule has 0 saturated heterocycles. The van der Waals surface area contributed by atoms with Crippen LogP contribution < -0.4 is 5.32 Å². The number of fused-ring (bicyclic) bond motifs is 1. The van der Waals surface area contributed by atoms with Crippen molar-refractivity contribution in [2.45, 2.75) is 39.7 Å². The summed E-state index contributed by atoms with van der Waals surface area (Å²) in [5.74, 6) is 0.0477. The van der Waals surface area contributed by atoms with Crippen LogP contribution in [0.3, 0.4) is 0 Å². The first-order valence-corrected chi connectivity index (χ1v) is 9.19. The van der Waals surface area contributed by atoms with Crippen LogP contribution in [-0.4, -0.2) is 16.9 Å². The average molecular weight is 344 g/mol. The molecule has 1 aliphatic rings. The van der Waals surface area contributed by atoms with E-state index in [0.29, 0.717) is 6.04 Å². The third-order valence-electron chi connectivity index (χ3n) is 5.12. The van der Waals surface area contributed by atoms with Crippen molar-refractivity contribution in [2.24, 2.45) is 0 Å². The number of hydrogen-bond acceptors (Lipinski definition) is 1. The van der Waals surface area contributed by atoms with E-state index in [-0.39, 0.29) is 5.91 Å². The molecular weight excluding hydrogens is 320 g/mol. The molecule has 0 bridgehead atoms. The molecule has 1 fully saturated rings. The highest BCUT2D eigenvalue weighted by atomic mass is 16.1. The molecule has 3 nitrogen and oxygen atoms in total. The van der Waals surface area contributed by atoms with E-state index in [4.69, 9.17) is 0 Å². The Morgan fingerprint density at radius 2 is 1.92 bits per heavy atom. The first kappa shape index (κ1) is 16.6. The summed E-state index contributed by atoms with van der Waals surface area (Å²) in [6.45, 7) is 6.13. The molecule has 1 saturated carbocycles. The van der Waals surface area contributed by atoms with Crippen molar-refractivity contribution in [3.05, 3.63) is 64.9 Å². The van der Waals surface area contributed by atoms with Crippen LogP contribution in [0.5, 0.6) is 0 Å². The minimum absolute atomic E-state index is 0.0477. The minimum atomic E-state index is 0.0477. The van der Waals surface area contributed by atoms with Crippen LogP contribution in [0, 0.1) is 13.8 Å². The van der Waals surface area contributed by atoms with Crippen LogP contribution in [0.4, 0.5) is 0 Å². The van der Waals surface area contributed by atoms with Gasteiger partial charge in [0.15, 0.2) is 0 Å². The fraction of sp³-hybridized carbons (Fsp3) is 0.261. The van der Waals surface area contributed by atoms with Crippen molar-refractivity contribution in [1.82, 2.24) is 10.3 Å². The third kappa shape index (κ3) is 3.30. The van der Waals surface area contributed by atoms with E-state index in [0.717, 1.165) is 29.5 Å². The fourth-order valence-electron chi connectivity index (χ4n) is 3.35. The second-order valence-corrected chi connectivity index (χ2v) is 7.38. The Labute approximate surface area is 154 Å². The molecule has 2 N–H and O–H groups in total. The van der Waals surface area contributed by atoms with Crippen LogP contribution in [0.15, 0.2) is 48.2 Å². The highest BCUT2D eigenvalue weighted by Gasteiger charge is 2.23. The number of hydrogen-bond donors (Lipinski definition) is 2. The van der Waals surface area contributed by atoms with Gasteiger partial charge >= 0.3 is 0 Å². The van der Waals surface area contributed by atoms with Gasteiger partial charge in [-0.15, -0.1) is 0 Å². The Bertz CT molecular complexity index is 1020. The standard InChI is InChI=1S/C23H24N2O/c1-14-12-21(17-4-7-22-18(13-17)8-9-24-22)15(2)10-19(14)11-16(3)23(26)25-20-5-6-20/h4,7-13,20,24H,5-6H2,1-3H3,(H,25,26)/b16-11+. The maximum Gasteiger partial charge on any atom is 0.247 e. The zero-order valence-corrected chi connectivity index (χ0v) is 15.5. The van der Waals surface area contributed by atoms with Gasteiger partial charge in [-0.2, -0.15) is 0 Å². The summed E-state index contributed by atoms with van der Waals surface area (Å²) >= 11 is 0. The summed E-state index contributed by atoms with van der Waals surface area (Å²) in [5, 5.41) is 4.27. The summed E-state index contributed by atoms with van der Waals surface area (Å²) in [4.78, 5) is 15.4. The number of amides is 1. The van der Waals surface area contributed by atoms with E-state index in [1.165, 1.54) is 27.6 Å². The van der Waals surface area contributed by atoms with Gasteiger partial charge < -0.3 is 10.3 Å². The molecule has 0 spiro atoms. The number of nitrogens with one attached hydrogen (secondary N) is 2. The van der Waals surface area contributed by atoms with Gasteiger partial charge in [0.2, 0.25) is 5.91 Å². The Kier molecular flexibility index (Phi) is 4.15. The number of benzene rings is 2. The predicted molar refractivity (Wildman–Crippen MR) is 108 cm³/mol. The van der Waals surface area contributed by atoms with Crippen molar-refractivity contribution in [3.63, 3.8) is 0 Å². The lowest BCUT2D eigenvalue weighted by atomic mass is 9.93. The number of aryl methyl sites for hydroxylation is 2. The van der Waals surface area contributed by atoms with Gasteiger partial charge in [-0.3, -0.25) is 4.79 Å². The van der Waals surface area contributed by atoms with Gasteiger partial charge in [-0.05, 0) is 91.1 Å². The summed E-state index contributed by atoms with van der Waals surface area (Å²) in [6, 6.07) is 13.4. The normalized spacial score (nSPS) is 14.7. The second-order valence-electron chi connectivity index (χ2n) is 7.38. The molecular formula is C23H24N2O. The van der Waals surface area contributed by atoms with Gasteiger partial charge in [0.1, 0.15) is 0 Å². The molecule has 4 rings (SSSR count). The van der Waals surface area contributed by atoms with Crippen molar-refractivity contribution < 1.29 is 4.79 Å². The summed E-state index contributed by atoms with van der Waals surface area (Å²) in [7, 11) is 0. The number of carbonyl (C=O) groups excluding carboxylic acids is 1. The van der Waals surface area contributed by atoms with Gasteiger partial charge in [0, 0.05) is 23.3 Å². The van der Waals surface area contributed by atoms with Crippen LogP contribution in [0.1, 0.15) is 36.5 Å². The highest BCUT2D eigenvalue weighted by Crippen LogP contribution is 2.30. The smallest absolute Gasteiger partial charge is 0.247 e. The van der Waals surface area contributed by atoms with Gasteiger partial charge in [0.25, 0.3) is 0 Å². The lowest BCUT2D eigenvalue weighted by Crippen LogP contribution is -2.25. The largest absolute Gasteiger partial charge is 0.361 e. The third-order valence-corrected chi connectivity index (χ3v) is 5.12. The maximum absolute atomic E-state index is 12.2. The van der Waals surface area contributed by atoms with Gasteiger partial charge in [0.05, 0.1) is 0 Å². The number of carbonyl (C=O) groups is 1. The van der Waals surface area contributed by atoms with Crippen molar-refractivity contribution in [1.29, 1.82) is 0 Å². The summed E-state index contributed by atoms with van der Waals surface area (Å²) in [6.07, 6.45) is 6.18. The van der Waals surface area contributed by atoms with E-state index < -0.39 is 0 Å². The zero-order chi connectivity index (χ0) is 18.3. The number of aromatic nitrogens is 1. The van der Waals surface area contributed by atoms with Crippen LogP contribution in [-0.2, 0) is 4.79 Å². The molecule has 1 amide bonds. The molecule has 0 atom stereocenters. The first-order valence-electron chi connectivity index (χ1n) is 9.19. The Balaban J connectivity index is 1.66. The maximum atomic E-state index is 12.2. The van der Waals surface area contributed by atoms with Crippen molar-refractivity contribution >= 4 is 22.9 Å². The molecule has 3 aromatic rings. The van der Waals surface area contributed by atoms with Crippen molar-refractivity contribution in [3.8, 4) is 11.1 Å². The lowest BCUT2D eigenvalue weighted by molar-refractivity contribution is -0.117. The number of H-pyrrole nitrogens is 1. The van der Waals surface area contributed by atoms with E-state index in [2.05, 4.69) is 60.5 Å². The zero-order valence-electron chi connectivity index (χ0n) is 15.5. The number of rotatable bonds is 4. The summed E-state index contributed by atoms with van der Waals surface area (Å²) in [5.41, 5.74) is 7.88. The number of aromatic amines is 1. The molecule has 1 aliphatic carbocycles. The molecule has 1 heterocycles. The fourth-order valence-corrected chi connectivity index (χ4v) is 3.35. The van der Waals surface area contributed by atoms with E-state index >= 15 is 0 Å². The molecule has 0 aliphatic heterocycles. The van der Waals surface area contributed by atoms with E-state index in [9.17, 15) is 4.79 Å². The van der Waals surface area contributed by atoms with E-state index in [1.807, 2.05) is 19.2 Å². The topological polar surface area (TPSA) is 44.9 Å². The van der Waals surface area contributed by atoms with Crippen LogP contribution in [0.2, 0.25) is 0 Å². The molecule has 0 radical (unpaired) electrons. The first-order chi connectivity index (χ1) is 12.5. The highest BCUT2D eigenvalue weighted by molar-refractivity contribution is 5.98. The predicted octanol–water partition coefficient (Wildman–Crippen LogP) is 5.13. The van der Waals surface area contributed by atoms with Crippen LogP contribution in [0.25, 0.3) is 28.1 Å². The Hall–Kier alpha value is -2.81. The average Bonchev–Trinajstić information content (AvgIpc) is 3.30. The molecule has 26 heavy (non-hydrogen) atoms. The second kappa shape index (κ2) is 6.49. The Morgan fingerprint density at radius 3 is 2.69 bits per heavy atom. The minimum Gasteiger partial charge on any atom is -0.361 e. The molecule has 1 aromatic heterocycles. The van der Waals surface area contributed by atoms with Crippen LogP contribution >= 0.6 is 0 Å². The van der Waals surface area contributed by atoms with Gasteiger partial charge in [-0.25, -0.2) is 0 Å². The van der Waals surface area contributed by atoms with E-state index in [1.54, 1.807) is 0 Å². The van der Waals surface area contributed by atoms with Gasteiger partial charge in [-0.1, -0.05) is 18.2 Å². The lowest BCUT2D eigenvalue weighted by Gasteiger charge is -2.12. The SMILES string of the molecule is C/C(=C\c1cc(C)c(-c2ccc3[nH]ccc3c2)cc1C)C(=O)NC1CC1. The van der Waals surface area contributed by atoms with Crippen molar-refractivity contribution in [2.75, 3.05) is 0 Å². The quantitative estimate of drug-likeness (QED) is 0.633. The molecule has 0 unspecified atom stereocenters. The molecule has 2 aromatic carbocycles. The summed E-state index contributed by atoms with van der Waals surface area (Å²) < 4.78 is 0. The molecule has 132 valence electrons. The monoisotopic (exact) mass is 344 g/mol. The molecule has 3 heteroatoms.